The third-order valence-corrected chi connectivity index (χ3v) is 5.57. The van der Waals surface area contributed by atoms with Gasteiger partial charge in [0.2, 0.25) is 5.78 Å². The number of amidine groups is 1. The molecule has 0 bridgehead atoms. The van der Waals surface area contributed by atoms with Gasteiger partial charge in [-0.2, -0.15) is 0 Å². The number of amides is 1. The van der Waals surface area contributed by atoms with E-state index in [4.69, 9.17) is 11.6 Å². The largest absolute Gasteiger partial charge is 0.539 e. The van der Waals surface area contributed by atoms with Crippen LogP contribution in [0.15, 0.2) is 69.8 Å². The highest BCUT2D eigenvalue weighted by Gasteiger charge is 2.33. The van der Waals surface area contributed by atoms with Gasteiger partial charge in [0.25, 0.3) is 11.6 Å². The Morgan fingerprint density at radius 2 is 1.94 bits per heavy atom. The molecule has 0 unspecified atom stereocenters. The molecule has 2 aromatic carbocycles. The van der Waals surface area contributed by atoms with Crippen LogP contribution < -0.4 is 14.7 Å². The summed E-state index contributed by atoms with van der Waals surface area (Å²) in [4.78, 5) is 31.5. The number of ketones is 1. The molecule has 8 nitrogen and oxygen atoms in total. The van der Waals surface area contributed by atoms with Crippen LogP contribution in [-0.4, -0.2) is 27.9 Å². The van der Waals surface area contributed by atoms with E-state index in [-0.39, 0.29) is 23.1 Å². The maximum Gasteiger partial charge on any atom is 0.300 e. The number of aromatic nitrogens is 2. The Labute approximate surface area is 186 Å². The third kappa shape index (κ3) is 4.37. The molecule has 4 rings (SSSR count). The molecule has 1 amide bonds. The quantitative estimate of drug-likeness (QED) is 0.333. The van der Waals surface area contributed by atoms with Gasteiger partial charge in [-0.15, -0.1) is 0 Å². The lowest BCUT2D eigenvalue weighted by atomic mass is 10.2. The maximum absolute atomic E-state index is 13.1. The van der Waals surface area contributed by atoms with Crippen molar-refractivity contribution < 1.29 is 23.9 Å². The molecular formula is C21H15ClN4O4S. The fraction of sp³-hybridized carbons (Fsp3) is 0.0952. The van der Waals surface area contributed by atoms with Gasteiger partial charge in [-0.05, 0) is 35.9 Å². The molecule has 1 aromatic heterocycles. The molecule has 0 N–H and O–H groups in total. The number of aliphatic imine (C=N–C) groups is 1. The number of nitrogens with zero attached hydrogens (tertiary/aromatic N) is 4. The molecule has 0 radical (unpaired) electrons. The number of carbonyl (C=O) groups is 2. The molecule has 10 heteroatoms. The molecule has 0 spiro atoms. The summed E-state index contributed by atoms with van der Waals surface area (Å²) in [5.74, 6) is -1.72. The molecule has 31 heavy (non-hydrogen) atoms. The fourth-order valence-corrected chi connectivity index (χ4v) is 3.93. The lowest BCUT2D eigenvalue weighted by Gasteiger charge is -2.17. The SMILES string of the molecule is C[n+]1noc([O-])c1C(=O)CSC1=N/C(=C/c2ccc(Cl)cc2)C(=O)N1c1ccccc1. The molecule has 0 saturated heterocycles. The number of aryl methyl sites for hydroxylation is 1. The third-order valence-electron chi connectivity index (χ3n) is 4.38. The lowest BCUT2D eigenvalue weighted by molar-refractivity contribution is -0.741. The van der Waals surface area contributed by atoms with Gasteiger partial charge in [0.15, 0.2) is 18.2 Å². The van der Waals surface area contributed by atoms with Crippen molar-refractivity contribution in [3.63, 3.8) is 0 Å². The van der Waals surface area contributed by atoms with Crippen LogP contribution in [0.3, 0.4) is 0 Å². The number of carbonyl (C=O) groups excluding carboxylic acids is 2. The summed E-state index contributed by atoms with van der Waals surface area (Å²) in [5.41, 5.74) is 1.44. The van der Waals surface area contributed by atoms with E-state index in [9.17, 15) is 14.7 Å². The Morgan fingerprint density at radius 1 is 1.23 bits per heavy atom. The maximum atomic E-state index is 13.1. The zero-order chi connectivity index (χ0) is 22.0. The van der Waals surface area contributed by atoms with E-state index in [1.54, 1.807) is 54.6 Å². The summed E-state index contributed by atoms with van der Waals surface area (Å²) < 4.78 is 5.59. The number of para-hydroxylation sites is 1. The monoisotopic (exact) mass is 454 g/mol. The number of hydrogen-bond acceptors (Lipinski definition) is 7. The molecule has 156 valence electrons. The Hall–Kier alpha value is -3.43. The summed E-state index contributed by atoms with van der Waals surface area (Å²) >= 11 is 6.98. The first-order chi connectivity index (χ1) is 14.9. The molecular weight excluding hydrogens is 440 g/mol. The van der Waals surface area contributed by atoms with Crippen LogP contribution in [0.1, 0.15) is 16.1 Å². The van der Waals surface area contributed by atoms with Crippen molar-refractivity contribution in [1.82, 2.24) is 5.27 Å². The number of hydrogen-bond donors (Lipinski definition) is 0. The van der Waals surface area contributed by atoms with E-state index in [1.165, 1.54) is 11.9 Å². The number of benzene rings is 2. The van der Waals surface area contributed by atoms with E-state index in [1.807, 2.05) is 6.07 Å². The van der Waals surface area contributed by atoms with Crippen LogP contribution in [0.5, 0.6) is 5.95 Å². The van der Waals surface area contributed by atoms with Crippen LogP contribution in [0.4, 0.5) is 5.69 Å². The van der Waals surface area contributed by atoms with Crippen molar-refractivity contribution >= 4 is 52.0 Å². The molecule has 0 saturated carbocycles. The van der Waals surface area contributed by atoms with Crippen LogP contribution >= 0.6 is 23.4 Å². The minimum atomic E-state index is -0.805. The predicted octanol–water partition coefficient (Wildman–Crippen LogP) is 2.59. The van der Waals surface area contributed by atoms with Crippen molar-refractivity contribution in [2.24, 2.45) is 12.0 Å². The molecule has 0 atom stereocenters. The lowest BCUT2D eigenvalue weighted by Crippen LogP contribution is -2.38. The summed E-state index contributed by atoms with van der Waals surface area (Å²) in [7, 11) is 1.45. The van der Waals surface area contributed by atoms with Gasteiger partial charge in [0.1, 0.15) is 5.70 Å². The van der Waals surface area contributed by atoms with Crippen molar-refractivity contribution in [3.05, 3.63) is 76.6 Å². The second-order valence-electron chi connectivity index (χ2n) is 6.50. The van der Waals surface area contributed by atoms with Crippen LogP contribution in [0.2, 0.25) is 5.02 Å². The van der Waals surface area contributed by atoms with Crippen molar-refractivity contribution in [3.8, 4) is 5.95 Å². The van der Waals surface area contributed by atoms with Gasteiger partial charge >= 0.3 is 0 Å². The van der Waals surface area contributed by atoms with E-state index >= 15 is 0 Å². The molecule has 2 heterocycles. The van der Waals surface area contributed by atoms with E-state index in [2.05, 4.69) is 14.8 Å². The highest BCUT2D eigenvalue weighted by molar-refractivity contribution is 8.14. The minimum absolute atomic E-state index is 0.117. The van der Waals surface area contributed by atoms with Gasteiger partial charge < -0.3 is 9.63 Å². The van der Waals surface area contributed by atoms with Crippen molar-refractivity contribution in [2.45, 2.75) is 0 Å². The molecule has 0 aliphatic carbocycles. The van der Waals surface area contributed by atoms with Crippen molar-refractivity contribution in [2.75, 3.05) is 10.7 Å². The summed E-state index contributed by atoms with van der Waals surface area (Å²) in [6, 6.07) is 16.0. The first kappa shape index (κ1) is 20.8. The highest BCUT2D eigenvalue weighted by atomic mass is 35.5. The molecule has 0 fully saturated rings. The minimum Gasteiger partial charge on any atom is -0.539 e. The summed E-state index contributed by atoms with van der Waals surface area (Å²) in [5, 5.41) is 16.1. The van der Waals surface area contributed by atoms with Crippen LogP contribution in [0.25, 0.3) is 6.08 Å². The van der Waals surface area contributed by atoms with Crippen LogP contribution in [0, 0.1) is 0 Å². The first-order valence-corrected chi connectivity index (χ1v) is 10.4. The van der Waals surface area contributed by atoms with Gasteiger partial charge in [-0.3, -0.25) is 14.5 Å². The van der Waals surface area contributed by atoms with Gasteiger partial charge in [-0.25, -0.2) is 4.99 Å². The second-order valence-corrected chi connectivity index (χ2v) is 7.88. The van der Waals surface area contributed by atoms with Crippen LogP contribution in [-0.2, 0) is 11.8 Å². The molecule has 1 aliphatic heterocycles. The number of thioether (sulfide) groups is 1. The number of halogens is 1. The Bertz CT molecular complexity index is 1190. The van der Waals surface area contributed by atoms with E-state index in [0.29, 0.717) is 15.9 Å². The number of anilines is 1. The van der Waals surface area contributed by atoms with Crippen molar-refractivity contribution in [1.29, 1.82) is 0 Å². The molecule has 1 aliphatic rings. The zero-order valence-electron chi connectivity index (χ0n) is 16.2. The summed E-state index contributed by atoms with van der Waals surface area (Å²) in [6.07, 6.45) is 1.65. The second kappa shape index (κ2) is 8.75. The Morgan fingerprint density at radius 3 is 2.58 bits per heavy atom. The standard InChI is InChI=1S/C21H15ClN4O4S/c1-25-18(20(29)30-24-25)17(27)12-31-21-23-16(11-13-7-9-14(22)10-8-13)19(28)26(21)15-5-3-2-4-6-15/h2-11H,12H2,1H3/b16-11+. The average molecular weight is 455 g/mol. The Kier molecular flexibility index (Phi) is 5.88. The average Bonchev–Trinajstić information content (AvgIpc) is 3.27. The first-order valence-electron chi connectivity index (χ1n) is 9.08. The summed E-state index contributed by atoms with van der Waals surface area (Å²) in [6.45, 7) is 0. The van der Waals surface area contributed by atoms with Gasteiger partial charge in [-0.1, -0.05) is 58.4 Å². The Balaban J connectivity index is 1.63. The number of rotatable bonds is 5. The predicted molar refractivity (Wildman–Crippen MR) is 115 cm³/mol. The van der Waals surface area contributed by atoms with Gasteiger partial charge in [0, 0.05) is 5.02 Å². The van der Waals surface area contributed by atoms with E-state index < -0.39 is 11.7 Å². The molecule has 3 aromatic rings. The zero-order valence-corrected chi connectivity index (χ0v) is 17.8. The van der Waals surface area contributed by atoms with E-state index in [0.717, 1.165) is 22.0 Å². The topological polar surface area (TPSA) is 103 Å². The van der Waals surface area contributed by atoms with Gasteiger partial charge in [0.05, 0.1) is 16.7 Å². The normalized spacial score (nSPS) is 14.9. The number of Topliss-reactive ketones (excluding diaryl/α,β-unsaturated/α-hetero) is 1. The smallest absolute Gasteiger partial charge is 0.300 e. The fourth-order valence-electron chi connectivity index (χ4n) is 2.92. The highest BCUT2D eigenvalue weighted by Crippen LogP contribution is 2.30.